The Balaban J connectivity index is 1.24. The third kappa shape index (κ3) is 8.40. The van der Waals surface area contributed by atoms with Gasteiger partial charge in [0.05, 0.1) is 22.3 Å². The Labute approximate surface area is 299 Å². The number of benzene rings is 3. The van der Waals surface area contributed by atoms with Crippen molar-refractivity contribution in [2.75, 3.05) is 42.1 Å². The molecule has 6 rings (SSSR count). The number of hydrogen-bond acceptors (Lipinski definition) is 8. The van der Waals surface area contributed by atoms with E-state index in [0.29, 0.717) is 34.7 Å². The lowest BCUT2D eigenvalue weighted by Crippen LogP contribution is -2.24. The van der Waals surface area contributed by atoms with Gasteiger partial charge in [-0.25, -0.2) is 19.9 Å². The minimum atomic E-state index is -4.66. The SMILES string of the molecule is CCN(CC)CCCCNc1cc(-n2c(Nc3cc(NC(=O)c4cc(-c5nc(C)c[nH]5)cc(C(F)(F)F)c4)ccc3C)nc3ccccc32)ncn1. The number of halogens is 3. The van der Waals surface area contributed by atoms with Crippen LogP contribution in [0.1, 0.15) is 53.9 Å². The second-order valence-corrected chi connectivity index (χ2v) is 12.5. The summed E-state index contributed by atoms with van der Waals surface area (Å²) in [5, 5.41) is 9.58. The fraction of sp³-hybridized carbons (Fsp3) is 0.289. The number of nitrogens with zero attached hydrogens (tertiary/aromatic N) is 6. The number of aryl methyl sites for hydroxylation is 2. The Morgan fingerprint density at radius 1 is 0.942 bits per heavy atom. The van der Waals surface area contributed by atoms with E-state index < -0.39 is 17.6 Å². The van der Waals surface area contributed by atoms with Gasteiger partial charge in [-0.05, 0) is 94.4 Å². The number of nitrogens with one attached hydrogen (secondary N) is 4. The molecule has 0 aliphatic rings. The largest absolute Gasteiger partial charge is 0.416 e. The van der Waals surface area contributed by atoms with E-state index in [4.69, 9.17) is 4.98 Å². The van der Waals surface area contributed by atoms with Gasteiger partial charge in [0.1, 0.15) is 23.8 Å². The van der Waals surface area contributed by atoms with Crippen molar-refractivity contribution >= 4 is 40.1 Å². The van der Waals surface area contributed by atoms with Crippen LogP contribution in [0, 0.1) is 13.8 Å². The zero-order valence-electron chi connectivity index (χ0n) is 29.5. The van der Waals surface area contributed by atoms with Crippen LogP contribution in [-0.4, -0.2) is 66.5 Å². The molecule has 3 heterocycles. The molecule has 0 saturated carbocycles. The van der Waals surface area contributed by atoms with E-state index in [1.54, 1.807) is 31.3 Å². The molecule has 6 aromatic rings. The van der Waals surface area contributed by atoms with Crippen molar-refractivity contribution in [1.29, 1.82) is 0 Å². The maximum atomic E-state index is 13.9. The molecule has 0 aliphatic heterocycles. The lowest BCUT2D eigenvalue weighted by Gasteiger charge is -2.17. The number of amides is 1. The Hall–Kier alpha value is -5.76. The number of para-hydroxylation sites is 2. The van der Waals surface area contributed by atoms with Gasteiger partial charge in [-0.15, -0.1) is 0 Å². The number of carbonyl (C=O) groups is 1. The summed E-state index contributed by atoms with van der Waals surface area (Å²) in [6.45, 7) is 11.9. The molecule has 0 bridgehead atoms. The van der Waals surface area contributed by atoms with Gasteiger partial charge in [0, 0.05) is 41.3 Å². The molecule has 0 fully saturated rings. The van der Waals surface area contributed by atoms with E-state index in [-0.39, 0.29) is 17.0 Å². The number of aromatic nitrogens is 6. The van der Waals surface area contributed by atoms with E-state index in [9.17, 15) is 18.0 Å². The number of alkyl halides is 3. The number of hydrogen-bond donors (Lipinski definition) is 4. The first-order valence-electron chi connectivity index (χ1n) is 17.2. The number of fused-ring (bicyclic) bond motifs is 1. The number of carbonyl (C=O) groups excluding carboxylic acids is 1. The maximum absolute atomic E-state index is 13.9. The topological polar surface area (TPSA) is 129 Å². The van der Waals surface area contributed by atoms with Gasteiger partial charge in [-0.1, -0.05) is 32.0 Å². The third-order valence-electron chi connectivity index (χ3n) is 8.79. The van der Waals surface area contributed by atoms with Gasteiger partial charge in [-0.3, -0.25) is 9.36 Å². The van der Waals surface area contributed by atoms with Crippen molar-refractivity contribution in [3.63, 3.8) is 0 Å². The van der Waals surface area contributed by atoms with Crippen LogP contribution in [0.25, 0.3) is 28.2 Å². The number of imidazole rings is 2. The van der Waals surface area contributed by atoms with Gasteiger partial charge < -0.3 is 25.8 Å². The lowest BCUT2D eigenvalue weighted by atomic mass is 10.0. The van der Waals surface area contributed by atoms with Crippen molar-refractivity contribution < 1.29 is 18.0 Å². The molecule has 52 heavy (non-hydrogen) atoms. The van der Waals surface area contributed by atoms with Crippen LogP contribution in [-0.2, 0) is 6.18 Å². The summed E-state index contributed by atoms with van der Waals surface area (Å²) >= 11 is 0. The quantitative estimate of drug-likeness (QED) is 0.0831. The van der Waals surface area contributed by atoms with Gasteiger partial charge in [0.25, 0.3) is 5.91 Å². The van der Waals surface area contributed by atoms with E-state index in [2.05, 4.69) is 54.6 Å². The molecule has 0 unspecified atom stereocenters. The maximum Gasteiger partial charge on any atom is 0.416 e. The number of aromatic amines is 1. The summed E-state index contributed by atoms with van der Waals surface area (Å²) in [5.74, 6) is 1.31. The molecule has 0 atom stereocenters. The molecular weight excluding hydrogens is 669 g/mol. The van der Waals surface area contributed by atoms with Crippen molar-refractivity contribution in [3.05, 3.63) is 102 Å². The van der Waals surface area contributed by atoms with Crippen molar-refractivity contribution in [1.82, 2.24) is 34.4 Å². The predicted molar refractivity (Wildman–Crippen MR) is 198 cm³/mol. The van der Waals surface area contributed by atoms with Crippen LogP contribution in [0.2, 0.25) is 0 Å². The Morgan fingerprint density at radius 3 is 2.50 bits per heavy atom. The highest BCUT2D eigenvalue weighted by atomic mass is 19.4. The molecule has 3 aromatic carbocycles. The van der Waals surface area contributed by atoms with Crippen LogP contribution in [0.3, 0.4) is 0 Å². The fourth-order valence-electron chi connectivity index (χ4n) is 5.90. The number of unbranched alkanes of at least 4 members (excludes halogenated alkanes) is 1. The summed E-state index contributed by atoms with van der Waals surface area (Å²) in [5.41, 5.74) is 3.07. The number of H-pyrrole nitrogens is 1. The summed E-state index contributed by atoms with van der Waals surface area (Å²) < 4.78 is 43.5. The molecule has 0 aliphatic carbocycles. The Kier molecular flexibility index (Phi) is 10.8. The second-order valence-electron chi connectivity index (χ2n) is 12.5. The van der Waals surface area contributed by atoms with Crippen LogP contribution in [0.4, 0.5) is 36.3 Å². The third-order valence-corrected chi connectivity index (χ3v) is 8.79. The molecular formula is C38H41F3N10O. The average Bonchev–Trinajstić information content (AvgIpc) is 3.74. The van der Waals surface area contributed by atoms with Crippen molar-refractivity contribution in [2.24, 2.45) is 0 Å². The summed E-state index contributed by atoms with van der Waals surface area (Å²) in [4.78, 5) is 36.8. The predicted octanol–water partition coefficient (Wildman–Crippen LogP) is 8.37. The van der Waals surface area contributed by atoms with Crippen LogP contribution in [0.5, 0.6) is 0 Å². The first kappa shape index (κ1) is 36.0. The molecule has 0 spiro atoms. The fourth-order valence-corrected chi connectivity index (χ4v) is 5.90. The van der Waals surface area contributed by atoms with Gasteiger partial charge in [0.2, 0.25) is 5.95 Å². The summed E-state index contributed by atoms with van der Waals surface area (Å²) in [6, 6.07) is 18.0. The summed E-state index contributed by atoms with van der Waals surface area (Å²) in [7, 11) is 0. The zero-order valence-corrected chi connectivity index (χ0v) is 29.5. The standard InChI is InChI=1S/C38H41F3N10O/c1-5-50(6-2)16-10-9-15-42-33-21-34(45-23-44-33)51-32-12-8-7-11-30(32)48-37(51)49-31-20-29(14-13-24(31)3)47-36(52)27-17-26(35-43-22-25(4)46-35)18-28(19-27)38(39,40)41/h7-8,11-14,17-23H,5-6,9-10,15-16H2,1-4H3,(H,43,46)(H,47,52)(H,48,49)(H,42,44,45). The normalized spacial score (nSPS) is 11.7. The van der Waals surface area contributed by atoms with E-state index in [1.807, 2.05) is 41.8 Å². The molecule has 3 aromatic heterocycles. The van der Waals surface area contributed by atoms with Gasteiger partial charge in [-0.2, -0.15) is 13.2 Å². The highest BCUT2D eigenvalue weighted by Gasteiger charge is 2.32. The highest BCUT2D eigenvalue weighted by molar-refractivity contribution is 6.05. The first-order valence-corrected chi connectivity index (χ1v) is 17.2. The molecule has 0 saturated heterocycles. The first-order chi connectivity index (χ1) is 25.0. The summed E-state index contributed by atoms with van der Waals surface area (Å²) in [6.07, 6.45) is 0.519. The molecule has 14 heteroatoms. The second kappa shape index (κ2) is 15.6. The van der Waals surface area contributed by atoms with Crippen molar-refractivity contribution in [2.45, 2.75) is 46.7 Å². The molecule has 11 nitrogen and oxygen atoms in total. The minimum Gasteiger partial charge on any atom is -0.370 e. The molecule has 4 N–H and O–H groups in total. The monoisotopic (exact) mass is 710 g/mol. The number of rotatable bonds is 14. The highest BCUT2D eigenvalue weighted by Crippen LogP contribution is 2.34. The zero-order chi connectivity index (χ0) is 36.8. The smallest absolute Gasteiger partial charge is 0.370 e. The van der Waals surface area contributed by atoms with E-state index in [1.165, 1.54) is 12.4 Å². The van der Waals surface area contributed by atoms with Crippen LogP contribution in [0.15, 0.2) is 79.3 Å². The Morgan fingerprint density at radius 2 is 1.75 bits per heavy atom. The molecule has 1 amide bonds. The van der Waals surface area contributed by atoms with E-state index >= 15 is 0 Å². The molecule has 270 valence electrons. The van der Waals surface area contributed by atoms with E-state index in [0.717, 1.165) is 67.8 Å². The molecule has 0 radical (unpaired) electrons. The van der Waals surface area contributed by atoms with Crippen molar-refractivity contribution in [3.8, 4) is 17.2 Å². The van der Waals surface area contributed by atoms with Crippen LogP contribution >= 0.6 is 0 Å². The van der Waals surface area contributed by atoms with Gasteiger partial charge in [0.15, 0.2) is 0 Å². The Bertz CT molecular complexity index is 2170. The van der Waals surface area contributed by atoms with Crippen LogP contribution < -0.4 is 16.0 Å². The minimum absolute atomic E-state index is 0.150. The number of anilines is 4. The lowest BCUT2D eigenvalue weighted by molar-refractivity contribution is -0.137. The average molecular weight is 711 g/mol. The van der Waals surface area contributed by atoms with Gasteiger partial charge >= 0.3 is 6.18 Å².